The van der Waals surface area contributed by atoms with Crippen molar-refractivity contribution in [1.29, 1.82) is 0 Å². The predicted octanol–water partition coefficient (Wildman–Crippen LogP) is 3.27. The lowest BCUT2D eigenvalue weighted by Crippen LogP contribution is -2.52. The van der Waals surface area contributed by atoms with E-state index in [-0.39, 0.29) is 17.1 Å². The second-order valence-corrected chi connectivity index (χ2v) is 8.04. The van der Waals surface area contributed by atoms with Gasteiger partial charge in [-0.25, -0.2) is 0 Å². The first kappa shape index (κ1) is 13.2. The minimum absolute atomic E-state index is 0.104. The number of carbonyl (C=O) groups excluding carboxylic acids is 3. The first-order valence-electron chi connectivity index (χ1n) is 9.18. The minimum atomic E-state index is -0.732. The van der Waals surface area contributed by atoms with E-state index in [1.54, 1.807) is 6.08 Å². The van der Waals surface area contributed by atoms with E-state index in [0.717, 1.165) is 37.7 Å². The van der Waals surface area contributed by atoms with Gasteiger partial charge in [-0.3, -0.25) is 9.59 Å². The largest absolute Gasteiger partial charge is 0.302 e. The highest BCUT2D eigenvalue weighted by atomic mass is 16.1. The summed E-state index contributed by atoms with van der Waals surface area (Å²) in [7, 11) is 0. The molecule has 4 aliphatic carbocycles. The van der Waals surface area contributed by atoms with E-state index in [0.29, 0.717) is 36.9 Å². The van der Waals surface area contributed by atoms with Crippen molar-refractivity contribution in [2.75, 3.05) is 0 Å². The highest BCUT2D eigenvalue weighted by molar-refractivity contribution is 5.93. The zero-order chi connectivity index (χ0) is 16.4. The Morgan fingerprint density at radius 1 is 1.14 bits per heavy atom. The third-order valence-corrected chi connectivity index (χ3v) is 7.38. The standard InChI is InChI=1S/C19H24O3/c1-18-8-7-16-14(15(18)4-5-17(18)22)3-2-12-10-13(21)6-9-19(12,16)11-20/h10-11,14-16H,2-9H2,1H3/t14-,15-,16-,18-,19+/m0/s1/i11D. The van der Waals surface area contributed by atoms with E-state index in [2.05, 4.69) is 6.92 Å². The molecule has 4 aliphatic rings. The Kier molecular flexibility index (Phi) is 2.78. The summed E-state index contributed by atoms with van der Waals surface area (Å²) in [6, 6.07) is 0. The van der Waals surface area contributed by atoms with Gasteiger partial charge in [0.1, 0.15) is 13.4 Å². The molecule has 0 aromatic heterocycles. The highest BCUT2D eigenvalue weighted by Gasteiger charge is 2.60. The molecule has 3 fully saturated rings. The third-order valence-electron chi connectivity index (χ3n) is 7.38. The van der Waals surface area contributed by atoms with Gasteiger partial charge in [-0.1, -0.05) is 12.5 Å². The second kappa shape index (κ2) is 4.62. The minimum Gasteiger partial charge on any atom is -0.302 e. The molecule has 5 atom stereocenters. The lowest BCUT2D eigenvalue weighted by atomic mass is 9.47. The normalized spacial score (nSPS) is 48.0. The molecular weight excluding hydrogens is 276 g/mol. The van der Waals surface area contributed by atoms with E-state index in [1.807, 2.05) is 0 Å². The Morgan fingerprint density at radius 3 is 2.73 bits per heavy atom. The molecule has 22 heavy (non-hydrogen) atoms. The molecule has 0 N–H and O–H groups in total. The fourth-order valence-electron chi connectivity index (χ4n) is 6.18. The van der Waals surface area contributed by atoms with Gasteiger partial charge in [0.05, 0.1) is 5.41 Å². The summed E-state index contributed by atoms with van der Waals surface area (Å²) in [6.07, 6.45) is 7.08. The summed E-state index contributed by atoms with van der Waals surface area (Å²) >= 11 is 0. The Bertz CT molecular complexity index is 637. The number of hydrogen-bond acceptors (Lipinski definition) is 3. The van der Waals surface area contributed by atoms with Crippen LogP contribution in [-0.4, -0.2) is 17.8 Å². The first-order chi connectivity index (χ1) is 10.9. The van der Waals surface area contributed by atoms with Crippen LogP contribution < -0.4 is 0 Å². The Hall–Kier alpha value is -1.25. The van der Waals surface area contributed by atoms with Crippen molar-refractivity contribution in [1.82, 2.24) is 0 Å². The van der Waals surface area contributed by atoms with Gasteiger partial charge in [0, 0.05) is 18.3 Å². The number of ketones is 2. The molecule has 0 aromatic rings. The molecule has 0 aliphatic heterocycles. The average molecular weight is 301 g/mol. The molecule has 3 saturated carbocycles. The van der Waals surface area contributed by atoms with Crippen molar-refractivity contribution >= 4 is 17.8 Å². The van der Waals surface area contributed by atoms with Crippen molar-refractivity contribution in [3.05, 3.63) is 11.6 Å². The molecule has 0 spiro atoms. The van der Waals surface area contributed by atoms with Crippen molar-refractivity contribution < 1.29 is 15.8 Å². The van der Waals surface area contributed by atoms with Crippen LogP contribution in [0.2, 0.25) is 0 Å². The molecule has 0 radical (unpaired) electrons. The smallest absolute Gasteiger partial charge is 0.155 e. The van der Waals surface area contributed by atoms with Crippen LogP contribution in [0.5, 0.6) is 0 Å². The van der Waals surface area contributed by atoms with Gasteiger partial charge in [-0.15, -0.1) is 0 Å². The lowest BCUT2D eigenvalue weighted by molar-refractivity contribution is -0.135. The molecular formula is C19H24O3. The number of fused-ring (bicyclic) bond motifs is 5. The van der Waals surface area contributed by atoms with E-state index < -0.39 is 11.7 Å². The number of hydrogen-bond donors (Lipinski definition) is 0. The van der Waals surface area contributed by atoms with Crippen molar-refractivity contribution in [3.8, 4) is 0 Å². The quantitative estimate of drug-likeness (QED) is 0.698. The van der Waals surface area contributed by atoms with E-state index in [9.17, 15) is 14.4 Å². The van der Waals surface area contributed by atoms with E-state index in [1.165, 1.54) is 0 Å². The van der Waals surface area contributed by atoms with Gasteiger partial charge in [-0.05, 0) is 62.4 Å². The summed E-state index contributed by atoms with van der Waals surface area (Å²) in [4.78, 5) is 36.6. The SMILES string of the molecule is [2H]C(=O)[C@]12CCC(=O)C=C1CC[C@@H]1[C@@H]2CC[C@]2(C)C(=O)CC[C@@H]12. The van der Waals surface area contributed by atoms with Crippen LogP contribution in [-0.2, 0) is 14.4 Å². The summed E-state index contributed by atoms with van der Waals surface area (Å²) in [6.45, 7) is 2.12. The average Bonchev–Trinajstić information content (AvgIpc) is 2.82. The first-order valence-corrected chi connectivity index (χ1v) is 8.68. The molecule has 0 saturated heterocycles. The van der Waals surface area contributed by atoms with Crippen molar-refractivity contribution in [2.24, 2.45) is 28.6 Å². The monoisotopic (exact) mass is 301 g/mol. The summed E-state index contributed by atoms with van der Waals surface area (Å²) in [5.74, 6) is 1.38. The van der Waals surface area contributed by atoms with Crippen molar-refractivity contribution in [3.63, 3.8) is 0 Å². The maximum atomic E-state index is 12.4. The van der Waals surface area contributed by atoms with Crippen LogP contribution in [0.4, 0.5) is 0 Å². The summed E-state index contributed by atoms with van der Waals surface area (Å²) in [5.41, 5.74) is -0.0222. The number of carbonyl (C=O) groups is 3. The number of rotatable bonds is 1. The number of aldehydes is 1. The van der Waals surface area contributed by atoms with Gasteiger partial charge in [0.15, 0.2) is 5.78 Å². The second-order valence-electron chi connectivity index (χ2n) is 8.04. The molecule has 3 nitrogen and oxygen atoms in total. The zero-order valence-corrected chi connectivity index (χ0v) is 13.2. The Labute approximate surface area is 132 Å². The Balaban J connectivity index is 1.77. The summed E-state index contributed by atoms with van der Waals surface area (Å²) < 4.78 is 8.00. The van der Waals surface area contributed by atoms with Crippen molar-refractivity contribution in [2.45, 2.75) is 58.3 Å². The van der Waals surface area contributed by atoms with Crippen LogP contribution in [0.25, 0.3) is 0 Å². The van der Waals surface area contributed by atoms with Gasteiger partial charge < -0.3 is 4.79 Å². The zero-order valence-electron chi connectivity index (χ0n) is 14.2. The molecule has 4 rings (SSSR count). The van der Waals surface area contributed by atoms with Crippen LogP contribution in [0, 0.1) is 28.6 Å². The highest BCUT2D eigenvalue weighted by Crippen LogP contribution is 2.63. The van der Waals surface area contributed by atoms with Crippen LogP contribution in [0.1, 0.15) is 59.7 Å². The van der Waals surface area contributed by atoms with Crippen LogP contribution in [0.3, 0.4) is 0 Å². The number of Topliss-reactive ketones (excluding diaryl/α,β-unsaturated/α-hetero) is 1. The maximum absolute atomic E-state index is 12.4. The fourth-order valence-corrected chi connectivity index (χ4v) is 6.18. The summed E-state index contributed by atoms with van der Waals surface area (Å²) in [5, 5.41) is 0. The van der Waals surface area contributed by atoms with E-state index in [4.69, 9.17) is 1.37 Å². The van der Waals surface area contributed by atoms with Crippen LogP contribution in [0.15, 0.2) is 11.6 Å². The maximum Gasteiger partial charge on any atom is 0.155 e. The fraction of sp³-hybridized carbons (Fsp3) is 0.737. The molecule has 0 heterocycles. The molecule has 0 bridgehead atoms. The third kappa shape index (κ3) is 1.65. The van der Waals surface area contributed by atoms with Crippen LogP contribution >= 0.6 is 0 Å². The van der Waals surface area contributed by atoms with Gasteiger partial charge in [0.25, 0.3) is 0 Å². The lowest BCUT2D eigenvalue weighted by Gasteiger charge is -2.55. The molecule has 0 unspecified atom stereocenters. The molecule has 3 heteroatoms. The van der Waals surface area contributed by atoms with Gasteiger partial charge >= 0.3 is 0 Å². The van der Waals surface area contributed by atoms with Gasteiger partial charge in [0.2, 0.25) is 0 Å². The molecule has 0 amide bonds. The Morgan fingerprint density at radius 2 is 1.95 bits per heavy atom. The van der Waals surface area contributed by atoms with Gasteiger partial charge in [-0.2, -0.15) is 0 Å². The topological polar surface area (TPSA) is 51.2 Å². The molecule has 118 valence electrons. The predicted molar refractivity (Wildman–Crippen MR) is 82.1 cm³/mol. The molecule has 0 aromatic carbocycles. The number of allylic oxidation sites excluding steroid dienone is 1. The van der Waals surface area contributed by atoms with E-state index >= 15 is 0 Å².